The summed E-state index contributed by atoms with van der Waals surface area (Å²) in [6.45, 7) is 4.32. The van der Waals surface area contributed by atoms with Crippen LogP contribution in [0.3, 0.4) is 0 Å². The number of hydrogen-bond donors (Lipinski definition) is 2. The Labute approximate surface area is 144 Å². The Balaban J connectivity index is 1.77. The minimum absolute atomic E-state index is 0.479. The van der Waals surface area contributed by atoms with E-state index in [1.54, 1.807) is 13.2 Å². The van der Waals surface area contributed by atoms with Gasteiger partial charge >= 0.3 is 0 Å². The summed E-state index contributed by atoms with van der Waals surface area (Å²) in [4.78, 5) is 8.46. The van der Waals surface area contributed by atoms with Gasteiger partial charge < -0.3 is 15.4 Å². The first-order valence-electron chi connectivity index (χ1n) is 8.38. The lowest BCUT2D eigenvalue weighted by molar-refractivity contribution is 0.301. The number of nitrogens with one attached hydrogen (secondary N) is 2. The van der Waals surface area contributed by atoms with Crippen molar-refractivity contribution in [3.05, 3.63) is 59.9 Å². The molecule has 5 heteroatoms. The van der Waals surface area contributed by atoms with Crippen LogP contribution in [0.4, 0.5) is 0 Å². The Kier molecular flexibility index (Phi) is 7.60. The van der Waals surface area contributed by atoms with Crippen molar-refractivity contribution in [3.63, 3.8) is 0 Å². The molecule has 0 saturated heterocycles. The smallest absolute Gasteiger partial charge is 0.191 e. The second-order valence-corrected chi connectivity index (χ2v) is 5.46. The summed E-state index contributed by atoms with van der Waals surface area (Å²) in [5, 5.41) is 6.61. The number of benzene rings is 1. The maximum absolute atomic E-state index is 5.74. The van der Waals surface area contributed by atoms with Crippen LogP contribution in [-0.4, -0.2) is 24.5 Å². The van der Waals surface area contributed by atoms with Crippen LogP contribution in [0.25, 0.3) is 0 Å². The van der Waals surface area contributed by atoms with Crippen molar-refractivity contribution in [1.29, 1.82) is 0 Å². The highest BCUT2D eigenvalue weighted by atomic mass is 16.5. The molecule has 0 fully saturated rings. The third kappa shape index (κ3) is 6.28. The molecule has 0 bridgehead atoms. The van der Waals surface area contributed by atoms with E-state index in [2.05, 4.69) is 39.7 Å². The van der Waals surface area contributed by atoms with Crippen LogP contribution in [0.2, 0.25) is 0 Å². The van der Waals surface area contributed by atoms with E-state index in [1.165, 1.54) is 12.0 Å². The normalized spacial score (nSPS) is 11.2. The Morgan fingerprint density at radius 1 is 1.12 bits per heavy atom. The third-order valence-electron chi connectivity index (χ3n) is 3.54. The standard InChI is InChI=1S/C19H26N4O/c1-3-4-12-22-19(20-2)23-14-16-8-10-18(11-9-16)24-15-17-7-5-6-13-21-17/h5-11,13H,3-4,12,14-15H2,1-2H3,(H2,20,22,23). The zero-order valence-corrected chi connectivity index (χ0v) is 14.5. The van der Waals surface area contributed by atoms with Crippen molar-refractivity contribution in [1.82, 2.24) is 15.6 Å². The molecule has 0 saturated carbocycles. The molecular formula is C19H26N4O. The molecular weight excluding hydrogens is 300 g/mol. The summed E-state index contributed by atoms with van der Waals surface area (Å²) in [6, 6.07) is 13.9. The van der Waals surface area contributed by atoms with Crippen molar-refractivity contribution in [2.24, 2.45) is 4.99 Å². The van der Waals surface area contributed by atoms with Gasteiger partial charge in [-0.25, -0.2) is 0 Å². The number of nitrogens with zero attached hydrogens (tertiary/aromatic N) is 2. The lowest BCUT2D eigenvalue weighted by Crippen LogP contribution is -2.37. The van der Waals surface area contributed by atoms with Gasteiger partial charge in [-0.2, -0.15) is 0 Å². The molecule has 0 amide bonds. The highest BCUT2D eigenvalue weighted by Crippen LogP contribution is 2.13. The number of ether oxygens (including phenoxy) is 1. The van der Waals surface area contributed by atoms with Gasteiger partial charge in [-0.3, -0.25) is 9.98 Å². The van der Waals surface area contributed by atoms with E-state index < -0.39 is 0 Å². The fourth-order valence-electron chi connectivity index (χ4n) is 2.13. The van der Waals surface area contributed by atoms with Gasteiger partial charge in [0.05, 0.1) is 5.69 Å². The summed E-state index contributed by atoms with van der Waals surface area (Å²) >= 11 is 0. The fourth-order valence-corrected chi connectivity index (χ4v) is 2.13. The van der Waals surface area contributed by atoms with Crippen LogP contribution in [0.5, 0.6) is 5.75 Å². The van der Waals surface area contributed by atoms with Crippen molar-refractivity contribution >= 4 is 5.96 Å². The maximum Gasteiger partial charge on any atom is 0.191 e. The van der Waals surface area contributed by atoms with Crippen LogP contribution in [0, 0.1) is 0 Å². The average molecular weight is 326 g/mol. The number of hydrogen-bond acceptors (Lipinski definition) is 3. The molecule has 1 heterocycles. The van der Waals surface area contributed by atoms with E-state index in [9.17, 15) is 0 Å². The van der Waals surface area contributed by atoms with Crippen LogP contribution in [0.1, 0.15) is 31.0 Å². The van der Waals surface area contributed by atoms with E-state index in [0.717, 1.165) is 36.9 Å². The Hall–Kier alpha value is -2.56. The molecule has 5 nitrogen and oxygen atoms in total. The van der Waals surface area contributed by atoms with Gasteiger partial charge in [-0.15, -0.1) is 0 Å². The molecule has 0 atom stereocenters. The van der Waals surface area contributed by atoms with Gasteiger partial charge in [-0.05, 0) is 36.2 Å². The van der Waals surface area contributed by atoms with Gasteiger partial charge in [-0.1, -0.05) is 31.5 Å². The Morgan fingerprint density at radius 2 is 1.96 bits per heavy atom. The minimum atomic E-state index is 0.479. The topological polar surface area (TPSA) is 58.5 Å². The average Bonchev–Trinajstić information content (AvgIpc) is 2.64. The molecule has 0 aliphatic carbocycles. The molecule has 0 radical (unpaired) electrons. The van der Waals surface area contributed by atoms with Crippen LogP contribution in [-0.2, 0) is 13.2 Å². The van der Waals surface area contributed by atoms with Gasteiger partial charge in [0.1, 0.15) is 12.4 Å². The molecule has 2 N–H and O–H groups in total. The SMILES string of the molecule is CCCCNC(=NC)NCc1ccc(OCc2ccccn2)cc1. The number of aliphatic imine (C=N–C) groups is 1. The Morgan fingerprint density at radius 3 is 2.62 bits per heavy atom. The second-order valence-electron chi connectivity index (χ2n) is 5.46. The quantitative estimate of drug-likeness (QED) is 0.444. The molecule has 0 unspecified atom stereocenters. The molecule has 1 aromatic carbocycles. The zero-order valence-electron chi connectivity index (χ0n) is 14.5. The molecule has 24 heavy (non-hydrogen) atoms. The zero-order chi connectivity index (χ0) is 17.0. The largest absolute Gasteiger partial charge is 0.487 e. The monoisotopic (exact) mass is 326 g/mol. The van der Waals surface area contributed by atoms with Gasteiger partial charge in [0.25, 0.3) is 0 Å². The van der Waals surface area contributed by atoms with Gasteiger partial charge in [0, 0.05) is 26.3 Å². The van der Waals surface area contributed by atoms with E-state index >= 15 is 0 Å². The van der Waals surface area contributed by atoms with Crippen molar-refractivity contribution in [2.75, 3.05) is 13.6 Å². The summed E-state index contributed by atoms with van der Waals surface area (Å²) in [5.74, 6) is 1.67. The van der Waals surface area contributed by atoms with Crippen molar-refractivity contribution in [3.8, 4) is 5.75 Å². The fraction of sp³-hybridized carbons (Fsp3) is 0.368. The van der Waals surface area contributed by atoms with Gasteiger partial charge in [0.15, 0.2) is 5.96 Å². The molecule has 1 aromatic heterocycles. The number of aromatic nitrogens is 1. The number of pyridine rings is 1. The van der Waals surface area contributed by atoms with E-state index in [1.807, 2.05) is 30.3 Å². The first-order valence-corrected chi connectivity index (χ1v) is 8.38. The van der Waals surface area contributed by atoms with Crippen LogP contribution in [0.15, 0.2) is 53.7 Å². The van der Waals surface area contributed by atoms with E-state index in [-0.39, 0.29) is 0 Å². The van der Waals surface area contributed by atoms with Crippen LogP contribution >= 0.6 is 0 Å². The number of guanidine groups is 1. The highest BCUT2D eigenvalue weighted by Gasteiger charge is 2.00. The molecule has 0 aliphatic rings. The van der Waals surface area contributed by atoms with E-state index in [4.69, 9.17) is 4.74 Å². The van der Waals surface area contributed by atoms with Crippen molar-refractivity contribution < 1.29 is 4.74 Å². The summed E-state index contributed by atoms with van der Waals surface area (Å²) in [6.07, 6.45) is 4.09. The lowest BCUT2D eigenvalue weighted by atomic mass is 10.2. The molecule has 0 aliphatic heterocycles. The number of rotatable bonds is 8. The second kappa shape index (κ2) is 10.3. The predicted octanol–water partition coefficient (Wildman–Crippen LogP) is 3.13. The first kappa shape index (κ1) is 17.8. The molecule has 0 spiro atoms. The Bertz CT molecular complexity index is 611. The van der Waals surface area contributed by atoms with Crippen LogP contribution < -0.4 is 15.4 Å². The summed E-state index contributed by atoms with van der Waals surface area (Å²) in [7, 11) is 1.79. The molecule has 128 valence electrons. The van der Waals surface area contributed by atoms with Gasteiger partial charge in [0.2, 0.25) is 0 Å². The highest BCUT2D eigenvalue weighted by molar-refractivity contribution is 5.79. The maximum atomic E-state index is 5.74. The lowest BCUT2D eigenvalue weighted by Gasteiger charge is -2.12. The summed E-state index contributed by atoms with van der Waals surface area (Å²) < 4.78 is 5.74. The predicted molar refractivity (Wildman–Crippen MR) is 98.1 cm³/mol. The van der Waals surface area contributed by atoms with E-state index in [0.29, 0.717) is 6.61 Å². The molecule has 2 rings (SSSR count). The molecule has 2 aromatic rings. The third-order valence-corrected chi connectivity index (χ3v) is 3.54. The number of unbranched alkanes of at least 4 members (excludes halogenated alkanes) is 1. The van der Waals surface area contributed by atoms with Crippen molar-refractivity contribution in [2.45, 2.75) is 32.9 Å². The minimum Gasteiger partial charge on any atom is -0.487 e. The first-order chi connectivity index (χ1) is 11.8. The summed E-state index contributed by atoms with van der Waals surface area (Å²) in [5.41, 5.74) is 2.10.